The lowest BCUT2D eigenvalue weighted by Gasteiger charge is -2.17. The Morgan fingerprint density at radius 1 is 1.50 bits per heavy atom. The van der Waals surface area contributed by atoms with Crippen LogP contribution in [0.4, 0.5) is 0 Å². The maximum absolute atomic E-state index is 12.4. The summed E-state index contributed by atoms with van der Waals surface area (Å²) in [6.45, 7) is 1.63. The van der Waals surface area contributed by atoms with Crippen LogP contribution >= 0.6 is 11.6 Å². The molecule has 1 aliphatic rings. The van der Waals surface area contributed by atoms with E-state index in [1.807, 2.05) is 0 Å². The molecule has 0 saturated heterocycles. The average Bonchev–Trinajstić information content (AvgIpc) is 3.14. The first-order valence-corrected chi connectivity index (χ1v) is 8.16. The third-order valence-electron chi connectivity index (χ3n) is 3.40. The second kappa shape index (κ2) is 5.71. The predicted molar refractivity (Wildman–Crippen MR) is 75.3 cm³/mol. The number of carbonyl (C=O) groups is 1. The van der Waals surface area contributed by atoms with E-state index in [0.717, 1.165) is 12.8 Å². The molecule has 1 saturated carbocycles. The Balaban J connectivity index is 2.25. The second-order valence-electron chi connectivity index (χ2n) is 5.03. The summed E-state index contributed by atoms with van der Waals surface area (Å²) in [4.78, 5) is 10.9. The fraction of sp³-hybridized carbons (Fsp3) is 0.462. The maximum atomic E-state index is 12.4. The van der Waals surface area contributed by atoms with Gasteiger partial charge in [-0.05, 0) is 43.4 Å². The number of nitrogens with one attached hydrogen (secondary N) is 1. The lowest BCUT2D eigenvalue weighted by Crippen LogP contribution is -2.38. The van der Waals surface area contributed by atoms with Crippen molar-refractivity contribution in [2.24, 2.45) is 5.92 Å². The predicted octanol–water partition coefficient (Wildman–Crippen LogP) is 2.18. The number of carboxylic acid groups (broad SMARTS) is 1. The monoisotopic (exact) mass is 317 g/mol. The fourth-order valence-corrected chi connectivity index (χ4v) is 3.94. The zero-order valence-corrected chi connectivity index (χ0v) is 12.5. The number of carboxylic acids is 1. The molecule has 1 aromatic carbocycles. The van der Waals surface area contributed by atoms with Crippen molar-refractivity contribution in [3.05, 3.63) is 28.8 Å². The van der Waals surface area contributed by atoms with E-state index in [1.165, 1.54) is 6.07 Å². The van der Waals surface area contributed by atoms with Crippen molar-refractivity contribution < 1.29 is 18.3 Å². The summed E-state index contributed by atoms with van der Waals surface area (Å²) in [6.07, 6.45) is 1.51. The molecule has 1 fully saturated rings. The van der Waals surface area contributed by atoms with Crippen molar-refractivity contribution in [2.45, 2.75) is 37.1 Å². The molecule has 0 aliphatic heterocycles. The number of rotatable bonds is 6. The lowest BCUT2D eigenvalue weighted by molar-refractivity contribution is -0.137. The summed E-state index contributed by atoms with van der Waals surface area (Å²) in [5.41, 5.74) is 0.464. The Hall–Kier alpha value is -1.11. The summed E-state index contributed by atoms with van der Waals surface area (Å²) >= 11 is 5.93. The standard InChI is InChI=1S/C13H16ClNO4S/c1-8-10(14)3-2-4-12(8)20(18,19)15-11(7-13(16)17)9-5-6-9/h2-4,9,11,15H,5-7H2,1H3,(H,16,17). The maximum Gasteiger partial charge on any atom is 0.304 e. The van der Waals surface area contributed by atoms with Gasteiger partial charge in [0.25, 0.3) is 0 Å². The summed E-state index contributed by atoms with van der Waals surface area (Å²) < 4.78 is 27.2. The smallest absolute Gasteiger partial charge is 0.304 e. The van der Waals surface area contributed by atoms with Crippen LogP contribution in [0.1, 0.15) is 24.8 Å². The van der Waals surface area contributed by atoms with E-state index in [9.17, 15) is 13.2 Å². The van der Waals surface area contributed by atoms with Gasteiger partial charge in [-0.1, -0.05) is 17.7 Å². The third-order valence-corrected chi connectivity index (χ3v) is 5.44. The highest BCUT2D eigenvalue weighted by Crippen LogP contribution is 2.35. The Kier molecular flexibility index (Phi) is 4.36. The zero-order valence-electron chi connectivity index (χ0n) is 11.0. The number of halogens is 1. The molecular weight excluding hydrogens is 302 g/mol. The molecule has 1 atom stereocenters. The molecule has 2 N–H and O–H groups in total. The van der Waals surface area contributed by atoms with E-state index in [2.05, 4.69) is 4.72 Å². The van der Waals surface area contributed by atoms with E-state index in [4.69, 9.17) is 16.7 Å². The van der Waals surface area contributed by atoms with Gasteiger partial charge in [-0.25, -0.2) is 13.1 Å². The van der Waals surface area contributed by atoms with Crippen LogP contribution in [-0.2, 0) is 14.8 Å². The van der Waals surface area contributed by atoms with Crippen LogP contribution in [-0.4, -0.2) is 25.5 Å². The molecule has 0 amide bonds. The van der Waals surface area contributed by atoms with Crippen molar-refractivity contribution >= 4 is 27.6 Å². The Morgan fingerprint density at radius 3 is 2.70 bits per heavy atom. The summed E-state index contributed by atoms with van der Waals surface area (Å²) in [6, 6.07) is 4.09. The first-order valence-electron chi connectivity index (χ1n) is 6.30. The number of sulfonamides is 1. The van der Waals surface area contributed by atoms with Gasteiger partial charge in [-0.2, -0.15) is 0 Å². The zero-order chi connectivity index (χ0) is 14.9. The number of hydrogen-bond donors (Lipinski definition) is 2. The van der Waals surface area contributed by atoms with E-state index < -0.39 is 22.0 Å². The molecule has 0 heterocycles. The van der Waals surface area contributed by atoms with Gasteiger partial charge >= 0.3 is 5.97 Å². The quantitative estimate of drug-likeness (QED) is 0.842. The van der Waals surface area contributed by atoms with Crippen LogP contribution in [0.2, 0.25) is 5.02 Å². The van der Waals surface area contributed by atoms with Crippen LogP contribution in [0.15, 0.2) is 23.1 Å². The van der Waals surface area contributed by atoms with E-state index >= 15 is 0 Å². The molecular formula is C13H16ClNO4S. The highest BCUT2D eigenvalue weighted by atomic mass is 35.5. The van der Waals surface area contributed by atoms with Crippen molar-refractivity contribution in [3.63, 3.8) is 0 Å². The van der Waals surface area contributed by atoms with E-state index in [0.29, 0.717) is 10.6 Å². The number of hydrogen-bond acceptors (Lipinski definition) is 3. The third kappa shape index (κ3) is 3.50. The molecule has 20 heavy (non-hydrogen) atoms. The van der Waals surface area contributed by atoms with Crippen molar-refractivity contribution in [1.29, 1.82) is 0 Å². The van der Waals surface area contributed by atoms with Crippen LogP contribution in [0.3, 0.4) is 0 Å². The molecule has 1 aliphatic carbocycles. The fourth-order valence-electron chi connectivity index (χ4n) is 2.13. The molecule has 1 unspecified atom stereocenters. The molecule has 2 rings (SSSR count). The summed E-state index contributed by atoms with van der Waals surface area (Å²) in [5.74, 6) is -0.896. The SMILES string of the molecule is Cc1c(Cl)cccc1S(=O)(=O)NC(CC(=O)O)C1CC1. The minimum atomic E-state index is -3.76. The summed E-state index contributed by atoms with van der Waals surface area (Å²) in [7, 11) is -3.76. The molecule has 1 aromatic rings. The Bertz CT molecular complexity index is 625. The first kappa shape index (κ1) is 15.3. The molecule has 110 valence electrons. The Morgan fingerprint density at radius 2 is 2.15 bits per heavy atom. The number of aliphatic carboxylic acids is 1. The molecule has 0 radical (unpaired) electrons. The second-order valence-corrected chi connectivity index (χ2v) is 7.12. The van der Waals surface area contributed by atoms with Gasteiger partial charge in [0.05, 0.1) is 11.3 Å². The van der Waals surface area contributed by atoms with Gasteiger partial charge in [0.2, 0.25) is 10.0 Å². The van der Waals surface area contributed by atoms with Crippen LogP contribution in [0.25, 0.3) is 0 Å². The lowest BCUT2D eigenvalue weighted by atomic mass is 10.1. The van der Waals surface area contributed by atoms with Gasteiger partial charge in [0.1, 0.15) is 0 Å². The Labute approximate surface area is 123 Å². The van der Waals surface area contributed by atoms with Gasteiger partial charge in [-0.15, -0.1) is 0 Å². The van der Waals surface area contributed by atoms with Crippen molar-refractivity contribution in [1.82, 2.24) is 4.72 Å². The van der Waals surface area contributed by atoms with Crippen LogP contribution in [0.5, 0.6) is 0 Å². The van der Waals surface area contributed by atoms with Gasteiger partial charge < -0.3 is 5.11 Å². The largest absolute Gasteiger partial charge is 0.481 e. The molecule has 0 bridgehead atoms. The van der Waals surface area contributed by atoms with Crippen LogP contribution in [0, 0.1) is 12.8 Å². The molecule has 0 aromatic heterocycles. The normalized spacial score (nSPS) is 16.9. The van der Waals surface area contributed by atoms with Gasteiger partial charge in [0, 0.05) is 11.1 Å². The average molecular weight is 318 g/mol. The van der Waals surface area contributed by atoms with E-state index in [1.54, 1.807) is 19.1 Å². The highest BCUT2D eigenvalue weighted by molar-refractivity contribution is 7.89. The minimum Gasteiger partial charge on any atom is -0.481 e. The van der Waals surface area contributed by atoms with Crippen molar-refractivity contribution in [3.8, 4) is 0 Å². The minimum absolute atomic E-state index is 0.0982. The molecule has 7 heteroatoms. The first-order chi connectivity index (χ1) is 9.31. The molecule has 0 spiro atoms. The van der Waals surface area contributed by atoms with Gasteiger partial charge in [-0.3, -0.25) is 4.79 Å². The van der Waals surface area contributed by atoms with E-state index in [-0.39, 0.29) is 17.2 Å². The summed E-state index contributed by atoms with van der Waals surface area (Å²) in [5, 5.41) is 9.24. The van der Waals surface area contributed by atoms with Gasteiger partial charge in [0.15, 0.2) is 0 Å². The highest BCUT2D eigenvalue weighted by Gasteiger charge is 2.36. The van der Waals surface area contributed by atoms with Crippen molar-refractivity contribution in [2.75, 3.05) is 0 Å². The number of benzene rings is 1. The topological polar surface area (TPSA) is 83.5 Å². The molecule has 5 nitrogen and oxygen atoms in total. The van der Waals surface area contributed by atoms with Crippen LogP contribution < -0.4 is 4.72 Å².